The highest BCUT2D eigenvalue weighted by molar-refractivity contribution is 5.44. The maximum Gasteiger partial charge on any atom is 0.125 e. The molecule has 0 saturated heterocycles. The van der Waals surface area contributed by atoms with Crippen LogP contribution in [0.15, 0.2) is 42.5 Å². The highest BCUT2D eigenvalue weighted by Gasteiger charge is 2.25. The van der Waals surface area contributed by atoms with Gasteiger partial charge in [0.15, 0.2) is 0 Å². The van der Waals surface area contributed by atoms with Gasteiger partial charge < -0.3 is 10.5 Å². The van der Waals surface area contributed by atoms with E-state index < -0.39 is 0 Å². The Bertz CT molecular complexity index is 608. The van der Waals surface area contributed by atoms with Crippen molar-refractivity contribution in [1.29, 1.82) is 0 Å². The lowest BCUT2D eigenvalue weighted by Gasteiger charge is -2.17. The zero-order valence-corrected chi connectivity index (χ0v) is 13.5. The van der Waals surface area contributed by atoms with E-state index in [1.54, 1.807) is 0 Å². The third kappa shape index (κ3) is 3.69. The molecule has 0 unspecified atom stereocenters. The molecule has 2 nitrogen and oxygen atoms in total. The summed E-state index contributed by atoms with van der Waals surface area (Å²) in [5.41, 5.74) is 11.1. The van der Waals surface area contributed by atoms with Gasteiger partial charge in [-0.15, -0.1) is 0 Å². The molecule has 22 heavy (non-hydrogen) atoms. The van der Waals surface area contributed by atoms with Crippen molar-refractivity contribution in [3.05, 3.63) is 64.7 Å². The van der Waals surface area contributed by atoms with Crippen molar-refractivity contribution in [2.24, 2.45) is 11.7 Å². The number of nitrogens with two attached hydrogens (primary N) is 1. The summed E-state index contributed by atoms with van der Waals surface area (Å²) in [7, 11) is 0. The van der Waals surface area contributed by atoms with Gasteiger partial charge in [-0.1, -0.05) is 55.3 Å². The summed E-state index contributed by atoms with van der Waals surface area (Å²) in [5.74, 6) is 1.84. The second kappa shape index (κ2) is 6.53. The van der Waals surface area contributed by atoms with Gasteiger partial charge in [0.1, 0.15) is 12.4 Å². The van der Waals surface area contributed by atoms with Crippen LogP contribution in [0.4, 0.5) is 0 Å². The molecule has 1 fully saturated rings. The van der Waals surface area contributed by atoms with Gasteiger partial charge in [-0.3, -0.25) is 0 Å². The Kier molecular flexibility index (Phi) is 4.49. The van der Waals surface area contributed by atoms with Gasteiger partial charge in [-0.25, -0.2) is 0 Å². The van der Waals surface area contributed by atoms with Crippen LogP contribution in [0.25, 0.3) is 0 Å². The van der Waals surface area contributed by atoms with E-state index >= 15 is 0 Å². The monoisotopic (exact) mass is 295 g/mol. The molecular weight excluding hydrogens is 270 g/mol. The summed E-state index contributed by atoms with van der Waals surface area (Å²) in [6.45, 7) is 4.83. The van der Waals surface area contributed by atoms with Crippen LogP contribution in [0, 0.1) is 19.8 Å². The number of aryl methyl sites for hydroxylation is 2. The summed E-state index contributed by atoms with van der Waals surface area (Å²) >= 11 is 0. The lowest BCUT2D eigenvalue weighted by Crippen LogP contribution is -2.12. The summed E-state index contributed by atoms with van der Waals surface area (Å²) in [5, 5.41) is 0. The molecule has 2 heteroatoms. The Balaban J connectivity index is 1.71. The van der Waals surface area contributed by atoms with Crippen LogP contribution in [0.3, 0.4) is 0 Å². The van der Waals surface area contributed by atoms with Gasteiger partial charge in [0.25, 0.3) is 0 Å². The third-order valence-electron chi connectivity index (χ3n) is 4.42. The molecule has 0 aliphatic heterocycles. The molecule has 1 aliphatic carbocycles. The van der Waals surface area contributed by atoms with Crippen molar-refractivity contribution in [3.8, 4) is 5.75 Å². The van der Waals surface area contributed by atoms with E-state index in [2.05, 4.69) is 38.1 Å². The van der Waals surface area contributed by atoms with Crippen molar-refractivity contribution in [1.82, 2.24) is 0 Å². The molecule has 0 amide bonds. The van der Waals surface area contributed by atoms with Gasteiger partial charge in [0.2, 0.25) is 0 Å². The average Bonchev–Trinajstić information content (AvgIpc) is 3.31. The Hall–Kier alpha value is -1.80. The van der Waals surface area contributed by atoms with E-state index in [1.807, 2.05) is 18.2 Å². The van der Waals surface area contributed by atoms with Gasteiger partial charge in [-0.2, -0.15) is 0 Å². The predicted octanol–water partition coefficient (Wildman–Crippen LogP) is 4.68. The van der Waals surface area contributed by atoms with Crippen molar-refractivity contribution < 1.29 is 4.74 Å². The molecule has 2 aromatic rings. The maximum absolute atomic E-state index is 6.35. The van der Waals surface area contributed by atoms with Crippen LogP contribution in [0.2, 0.25) is 0 Å². The molecule has 0 radical (unpaired) electrons. The van der Waals surface area contributed by atoms with Crippen LogP contribution in [-0.2, 0) is 6.61 Å². The Morgan fingerprint density at radius 1 is 1.09 bits per heavy atom. The maximum atomic E-state index is 6.35. The van der Waals surface area contributed by atoms with E-state index in [0.717, 1.165) is 18.1 Å². The standard InChI is InChI=1S/C20H25NO/c1-14-10-18(19(21)12-16-8-9-16)11-15(2)20(14)22-13-17-6-4-3-5-7-17/h3-7,10-11,16,19H,8-9,12-13,21H2,1-2H3/t19-/m0/s1. The van der Waals surface area contributed by atoms with Crippen molar-refractivity contribution in [2.45, 2.75) is 45.8 Å². The molecule has 116 valence electrons. The molecule has 1 aliphatic rings. The number of benzene rings is 2. The molecule has 3 rings (SSSR count). The van der Waals surface area contributed by atoms with Crippen LogP contribution < -0.4 is 10.5 Å². The summed E-state index contributed by atoms with van der Waals surface area (Å²) in [4.78, 5) is 0. The van der Waals surface area contributed by atoms with Crippen LogP contribution in [0.1, 0.15) is 47.6 Å². The minimum Gasteiger partial charge on any atom is -0.488 e. The SMILES string of the molecule is Cc1cc([C@@H](N)CC2CC2)cc(C)c1OCc1ccccc1. The van der Waals surface area contributed by atoms with E-state index in [1.165, 1.54) is 35.1 Å². The molecule has 0 bridgehead atoms. The molecule has 2 aromatic carbocycles. The van der Waals surface area contributed by atoms with Crippen molar-refractivity contribution >= 4 is 0 Å². The predicted molar refractivity (Wildman–Crippen MR) is 91.0 cm³/mol. The quantitative estimate of drug-likeness (QED) is 0.839. The smallest absolute Gasteiger partial charge is 0.125 e. The largest absolute Gasteiger partial charge is 0.488 e. The topological polar surface area (TPSA) is 35.2 Å². The molecule has 0 spiro atoms. The fourth-order valence-corrected chi connectivity index (χ4v) is 3.00. The number of ether oxygens (including phenoxy) is 1. The fourth-order valence-electron chi connectivity index (χ4n) is 3.00. The fraction of sp³-hybridized carbons (Fsp3) is 0.400. The van der Waals surface area contributed by atoms with Crippen molar-refractivity contribution in [3.63, 3.8) is 0 Å². The van der Waals surface area contributed by atoms with Crippen LogP contribution in [-0.4, -0.2) is 0 Å². The second-order valence-corrected chi connectivity index (χ2v) is 6.54. The minimum atomic E-state index is 0.160. The summed E-state index contributed by atoms with van der Waals surface area (Å²) < 4.78 is 6.04. The number of hydrogen-bond donors (Lipinski definition) is 1. The van der Waals surface area contributed by atoms with Gasteiger partial charge >= 0.3 is 0 Å². The second-order valence-electron chi connectivity index (χ2n) is 6.54. The Labute approximate surface area is 133 Å². The Morgan fingerprint density at radius 3 is 2.32 bits per heavy atom. The first-order valence-electron chi connectivity index (χ1n) is 8.17. The highest BCUT2D eigenvalue weighted by Crippen LogP contribution is 2.38. The Morgan fingerprint density at radius 2 is 1.73 bits per heavy atom. The summed E-state index contributed by atoms with van der Waals surface area (Å²) in [6.07, 6.45) is 3.82. The normalized spacial score (nSPS) is 15.6. The molecule has 1 atom stereocenters. The lowest BCUT2D eigenvalue weighted by molar-refractivity contribution is 0.302. The molecule has 2 N–H and O–H groups in total. The first-order chi connectivity index (χ1) is 10.6. The zero-order valence-electron chi connectivity index (χ0n) is 13.5. The third-order valence-corrected chi connectivity index (χ3v) is 4.42. The van der Waals surface area contributed by atoms with E-state index in [0.29, 0.717) is 6.61 Å². The first-order valence-corrected chi connectivity index (χ1v) is 8.17. The first kappa shape index (κ1) is 15.1. The van der Waals surface area contributed by atoms with Gasteiger partial charge in [-0.05, 0) is 48.4 Å². The molecule has 0 heterocycles. The summed E-state index contributed by atoms with van der Waals surface area (Å²) in [6, 6.07) is 14.8. The minimum absolute atomic E-state index is 0.160. The zero-order chi connectivity index (χ0) is 15.5. The number of rotatable bonds is 6. The highest BCUT2D eigenvalue weighted by atomic mass is 16.5. The van der Waals surface area contributed by atoms with Gasteiger partial charge in [0.05, 0.1) is 0 Å². The molecule has 0 aromatic heterocycles. The van der Waals surface area contributed by atoms with E-state index in [-0.39, 0.29) is 6.04 Å². The lowest BCUT2D eigenvalue weighted by atomic mass is 9.97. The van der Waals surface area contributed by atoms with Crippen LogP contribution >= 0.6 is 0 Å². The van der Waals surface area contributed by atoms with Crippen molar-refractivity contribution in [2.75, 3.05) is 0 Å². The average molecular weight is 295 g/mol. The molecule has 1 saturated carbocycles. The van der Waals surface area contributed by atoms with E-state index in [9.17, 15) is 0 Å². The molecular formula is C20H25NO. The van der Waals surface area contributed by atoms with E-state index in [4.69, 9.17) is 10.5 Å². The van der Waals surface area contributed by atoms with Crippen LogP contribution in [0.5, 0.6) is 5.75 Å². The number of hydrogen-bond acceptors (Lipinski definition) is 2. The van der Waals surface area contributed by atoms with Gasteiger partial charge in [0, 0.05) is 6.04 Å².